The van der Waals surface area contributed by atoms with Gasteiger partial charge in [0, 0.05) is 32.7 Å². The maximum Gasteiger partial charge on any atom is 0.311 e. The number of carbonyl (C=O) groups is 2. The van der Waals surface area contributed by atoms with E-state index in [9.17, 15) is 14.7 Å². The molecule has 3 aliphatic rings. The Morgan fingerprint density at radius 2 is 2.00 bits per heavy atom. The van der Waals surface area contributed by atoms with E-state index in [4.69, 9.17) is 4.74 Å². The fraction of sp³-hybridized carbons (Fsp3) is 0.867. The van der Waals surface area contributed by atoms with Gasteiger partial charge in [0.05, 0.1) is 5.41 Å². The third-order valence-electron chi connectivity index (χ3n) is 5.45. The van der Waals surface area contributed by atoms with Crippen LogP contribution in [0.3, 0.4) is 0 Å². The predicted molar refractivity (Wildman–Crippen MR) is 72.1 cm³/mol. The van der Waals surface area contributed by atoms with Gasteiger partial charge in [-0.1, -0.05) is 6.42 Å². The topological polar surface area (TPSA) is 66.8 Å². The molecule has 0 spiro atoms. The summed E-state index contributed by atoms with van der Waals surface area (Å²) in [6.07, 6.45) is 5.13. The van der Waals surface area contributed by atoms with Gasteiger partial charge in [0.25, 0.3) is 0 Å². The lowest BCUT2D eigenvalue weighted by atomic mass is 9.81. The summed E-state index contributed by atoms with van der Waals surface area (Å²) in [4.78, 5) is 25.8. The summed E-state index contributed by atoms with van der Waals surface area (Å²) in [5, 5.41) is 9.54. The summed E-state index contributed by atoms with van der Waals surface area (Å²) in [6.45, 7) is 2.57. The second kappa shape index (κ2) is 5.35. The van der Waals surface area contributed by atoms with Gasteiger partial charge in [-0.15, -0.1) is 0 Å². The molecular formula is C15H23NO4. The molecule has 0 aromatic rings. The van der Waals surface area contributed by atoms with E-state index in [1.165, 1.54) is 0 Å². The first kappa shape index (κ1) is 13.9. The normalized spacial score (nSPS) is 34.2. The molecule has 3 rings (SSSR count). The zero-order chi connectivity index (χ0) is 14.2. The van der Waals surface area contributed by atoms with Crippen molar-refractivity contribution in [2.45, 2.75) is 38.5 Å². The van der Waals surface area contributed by atoms with Crippen molar-refractivity contribution in [1.82, 2.24) is 4.90 Å². The smallest absolute Gasteiger partial charge is 0.311 e. The number of carboxylic acid groups (broad SMARTS) is 1. The van der Waals surface area contributed by atoms with E-state index in [1.807, 2.05) is 4.90 Å². The highest BCUT2D eigenvalue weighted by Crippen LogP contribution is 2.49. The number of ether oxygens (including phenoxy) is 1. The number of hydrogen-bond acceptors (Lipinski definition) is 3. The summed E-state index contributed by atoms with van der Waals surface area (Å²) in [6, 6.07) is 0. The number of fused-ring (bicyclic) bond motifs is 1. The van der Waals surface area contributed by atoms with E-state index in [1.54, 1.807) is 0 Å². The van der Waals surface area contributed by atoms with Crippen LogP contribution in [0.2, 0.25) is 0 Å². The minimum Gasteiger partial charge on any atom is -0.481 e. The Bertz CT molecular complexity index is 405. The summed E-state index contributed by atoms with van der Waals surface area (Å²) < 4.78 is 5.31. The van der Waals surface area contributed by atoms with Crippen LogP contribution in [-0.4, -0.2) is 48.2 Å². The molecule has 2 aliphatic heterocycles. The number of hydrogen-bond donors (Lipinski definition) is 1. The van der Waals surface area contributed by atoms with Gasteiger partial charge < -0.3 is 14.7 Å². The first-order chi connectivity index (χ1) is 9.62. The van der Waals surface area contributed by atoms with E-state index in [0.29, 0.717) is 25.4 Å². The lowest BCUT2D eigenvalue weighted by molar-refractivity contribution is -0.149. The number of likely N-dealkylation sites (tertiary alicyclic amines) is 1. The van der Waals surface area contributed by atoms with Gasteiger partial charge in [-0.2, -0.15) is 0 Å². The highest BCUT2D eigenvalue weighted by atomic mass is 16.5. The second-order valence-corrected chi connectivity index (χ2v) is 6.58. The quantitative estimate of drug-likeness (QED) is 0.851. The zero-order valence-corrected chi connectivity index (χ0v) is 11.8. The lowest BCUT2D eigenvalue weighted by Crippen LogP contribution is -2.37. The summed E-state index contributed by atoms with van der Waals surface area (Å²) in [5.74, 6) is 0.0180. The van der Waals surface area contributed by atoms with Crippen molar-refractivity contribution in [3.8, 4) is 0 Å². The molecule has 3 fully saturated rings. The molecule has 5 nitrogen and oxygen atoms in total. The largest absolute Gasteiger partial charge is 0.481 e. The average molecular weight is 281 g/mol. The number of amides is 1. The van der Waals surface area contributed by atoms with Crippen LogP contribution in [0.4, 0.5) is 0 Å². The van der Waals surface area contributed by atoms with Gasteiger partial charge >= 0.3 is 5.97 Å². The van der Waals surface area contributed by atoms with Gasteiger partial charge in [-0.3, -0.25) is 9.59 Å². The molecule has 20 heavy (non-hydrogen) atoms. The molecule has 0 aromatic carbocycles. The third-order valence-corrected chi connectivity index (χ3v) is 5.45. The Kier molecular flexibility index (Phi) is 3.71. The minimum absolute atomic E-state index is 0.145. The van der Waals surface area contributed by atoms with Crippen LogP contribution in [0, 0.1) is 17.3 Å². The fourth-order valence-corrected chi connectivity index (χ4v) is 4.16. The van der Waals surface area contributed by atoms with Crippen molar-refractivity contribution in [3.63, 3.8) is 0 Å². The minimum atomic E-state index is -0.707. The molecule has 1 saturated carbocycles. The Hall–Kier alpha value is -1.10. The van der Waals surface area contributed by atoms with Crippen molar-refractivity contribution in [2.24, 2.45) is 17.3 Å². The van der Waals surface area contributed by atoms with Gasteiger partial charge in [0.1, 0.15) is 0 Å². The number of rotatable bonds is 3. The Morgan fingerprint density at radius 1 is 1.25 bits per heavy atom. The molecule has 1 N–H and O–H groups in total. The molecule has 2 atom stereocenters. The Labute approximate surface area is 119 Å². The lowest BCUT2D eigenvalue weighted by Gasteiger charge is -2.26. The molecule has 0 aromatic heterocycles. The summed E-state index contributed by atoms with van der Waals surface area (Å²) >= 11 is 0. The third kappa shape index (κ3) is 2.32. The second-order valence-electron chi connectivity index (χ2n) is 6.58. The Balaban J connectivity index is 1.61. The number of carbonyl (C=O) groups excluding carboxylic acids is 1. The van der Waals surface area contributed by atoms with Crippen LogP contribution in [0.25, 0.3) is 0 Å². The van der Waals surface area contributed by atoms with Gasteiger partial charge in [0.2, 0.25) is 5.91 Å². The fourth-order valence-electron chi connectivity index (χ4n) is 4.16. The van der Waals surface area contributed by atoms with Gasteiger partial charge in [-0.05, 0) is 37.5 Å². The summed E-state index contributed by atoms with van der Waals surface area (Å²) in [7, 11) is 0. The molecule has 1 aliphatic carbocycles. The van der Waals surface area contributed by atoms with E-state index in [2.05, 4.69) is 0 Å². The number of aliphatic carboxylic acids is 1. The highest BCUT2D eigenvalue weighted by Gasteiger charge is 2.55. The maximum absolute atomic E-state index is 12.4. The van der Waals surface area contributed by atoms with Crippen LogP contribution in [0.15, 0.2) is 0 Å². The molecule has 5 heteroatoms. The van der Waals surface area contributed by atoms with E-state index < -0.39 is 11.4 Å². The molecule has 112 valence electrons. The van der Waals surface area contributed by atoms with Crippen molar-refractivity contribution in [3.05, 3.63) is 0 Å². The van der Waals surface area contributed by atoms with Crippen LogP contribution in [0.5, 0.6) is 0 Å². The standard InChI is InChI=1S/C15H23NO4/c17-13(8-11-3-6-20-7-4-11)16-9-12-2-1-5-15(12,10-16)14(18)19/h11-12H,1-10H2,(H,18,19)/t12-,15+/m0/s1. The SMILES string of the molecule is O=C(CC1CCOCC1)N1C[C@@H]2CCC[C@@]2(C(=O)O)C1. The first-order valence-electron chi connectivity index (χ1n) is 7.71. The maximum atomic E-state index is 12.4. The molecule has 0 bridgehead atoms. The molecule has 0 radical (unpaired) electrons. The van der Waals surface area contributed by atoms with E-state index in [0.717, 1.165) is 45.3 Å². The van der Waals surface area contributed by atoms with Gasteiger partial charge in [0.15, 0.2) is 0 Å². The highest BCUT2D eigenvalue weighted by molar-refractivity contribution is 5.81. The van der Waals surface area contributed by atoms with Gasteiger partial charge in [-0.25, -0.2) is 0 Å². The van der Waals surface area contributed by atoms with Crippen molar-refractivity contribution in [1.29, 1.82) is 0 Å². The number of nitrogens with zero attached hydrogens (tertiary/aromatic N) is 1. The van der Waals surface area contributed by atoms with Crippen molar-refractivity contribution >= 4 is 11.9 Å². The van der Waals surface area contributed by atoms with Crippen LogP contribution in [-0.2, 0) is 14.3 Å². The van der Waals surface area contributed by atoms with E-state index in [-0.39, 0.29) is 11.8 Å². The van der Waals surface area contributed by atoms with E-state index >= 15 is 0 Å². The van der Waals surface area contributed by atoms with Crippen molar-refractivity contribution < 1.29 is 19.4 Å². The predicted octanol–water partition coefficient (Wildman–Crippen LogP) is 1.52. The Morgan fingerprint density at radius 3 is 2.65 bits per heavy atom. The molecule has 2 heterocycles. The van der Waals surface area contributed by atoms with Crippen LogP contribution < -0.4 is 0 Å². The summed E-state index contributed by atoms with van der Waals surface area (Å²) in [5.41, 5.74) is -0.647. The van der Waals surface area contributed by atoms with Crippen molar-refractivity contribution in [2.75, 3.05) is 26.3 Å². The van der Waals surface area contributed by atoms with Crippen LogP contribution >= 0.6 is 0 Å². The average Bonchev–Trinajstić information content (AvgIpc) is 2.97. The van der Waals surface area contributed by atoms with Crippen LogP contribution in [0.1, 0.15) is 38.5 Å². The molecule has 0 unspecified atom stereocenters. The zero-order valence-electron chi connectivity index (χ0n) is 11.8. The molecular weight excluding hydrogens is 258 g/mol. The number of carboxylic acids is 1. The molecule has 2 saturated heterocycles. The monoisotopic (exact) mass is 281 g/mol. The first-order valence-corrected chi connectivity index (χ1v) is 7.71. The molecule has 1 amide bonds.